The van der Waals surface area contributed by atoms with Crippen LogP contribution in [-0.2, 0) is 0 Å². The Bertz CT molecular complexity index is 546. The zero-order valence-electron chi connectivity index (χ0n) is 13.0. The molecule has 1 aliphatic carbocycles. The molecule has 0 aliphatic heterocycles. The second-order valence-electron chi connectivity index (χ2n) is 5.68. The Balaban J connectivity index is 2.29. The smallest absolute Gasteiger partial charge is 0.0946 e. The standard InChI is InChI=1S/C18H25NO2/c1-14-8-9-18(15(2)12-14)19(10-3-4-11-20)16-6-5-7-17(21)13-16/h6,8-9,12-13,20-21H,3-5,7,10-11H2,1-2H3. The molecule has 0 bridgehead atoms. The minimum atomic E-state index is 0.223. The number of anilines is 1. The maximum Gasteiger partial charge on any atom is 0.0946 e. The van der Waals surface area contributed by atoms with Gasteiger partial charge in [0.05, 0.1) is 5.76 Å². The first-order valence-electron chi connectivity index (χ1n) is 7.67. The Morgan fingerprint density at radius 1 is 1.19 bits per heavy atom. The van der Waals surface area contributed by atoms with Crippen LogP contribution in [0.4, 0.5) is 5.69 Å². The lowest BCUT2D eigenvalue weighted by Gasteiger charge is -2.29. The average Bonchev–Trinajstić information content (AvgIpc) is 2.45. The summed E-state index contributed by atoms with van der Waals surface area (Å²) in [5.41, 5.74) is 4.72. The molecule has 0 aromatic heterocycles. The van der Waals surface area contributed by atoms with Gasteiger partial charge in [0.15, 0.2) is 0 Å². The fourth-order valence-electron chi connectivity index (χ4n) is 2.74. The fourth-order valence-corrected chi connectivity index (χ4v) is 2.74. The summed E-state index contributed by atoms with van der Waals surface area (Å²) in [5.74, 6) is 0.449. The van der Waals surface area contributed by atoms with Gasteiger partial charge in [0.25, 0.3) is 0 Å². The summed E-state index contributed by atoms with van der Waals surface area (Å²) >= 11 is 0. The van der Waals surface area contributed by atoms with E-state index < -0.39 is 0 Å². The lowest BCUT2D eigenvalue weighted by atomic mass is 10.1. The number of hydrogen-bond acceptors (Lipinski definition) is 3. The molecule has 0 saturated carbocycles. The molecule has 1 aromatic rings. The van der Waals surface area contributed by atoms with Gasteiger partial charge in [-0.05, 0) is 50.8 Å². The van der Waals surface area contributed by atoms with Crippen LogP contribution in [0.3, 0.4) is 0 Å². The van der Waals surface area contributed by atoms with Crippen molar-refractivity contribution in [1.82, 2.24) is 0 Å². The largest absolute Gasteiger partial charge is 0.512 e. The van der Waals surface area contributed by atoms with E-state index in [1.54, 1.807) is 0 Å². The molecule has 0 saturated heterocycles. The van der Waals surface area contributed by atoms with Gasteiger partial charge in [-0.15, -0.1) is 0 Å². The van der Waals surface area contributed by atoms with E-state index in [4.69, 9.17) is 5.11 Å². The highest BCUT2D eigenvalue weighted by atomic mass is 16.3. The van der Waals surface area contributed by atoms with Crippen molar-refractivity contribution in [2.24, 2.45) is 0 Å². The minimum Gasteiger partial charge on any atom is -0.512 e. The van der Waals surface area contributed by atoms with Crippen LogP contribution in [0.15, 0.2) is 41.8 Å². The molecule has 0 spiro atoms. The van der Waals surface area contributed by atoms with Crippen LogP contribution in [0.1, 0.15) is 36.8 Å². The van der Waals surface area contributed by atoms with E-state index in [2.05, 4.69) is 43.0 Å². The summed E-state index contributed by atoms with van der Waals surface area (Å²) < 4.78 is 0. The van der Waals surface area contributed by atoms with Crippen LogP contribution in [0.5, 0.6) is 0 Å². The molecule has 0 radical (unpaired) electrons. The first kappa shape index (κ1) is 15.6. The van der Waals surface area contributed by atoms with Crippen molar-refractivity contribution in [2.75, 3.05) is 18.1 Å². The molecule has 0 unspecified atom stereocenters. The topological polar surface area (TPSA) is 43.7 Å². The number of aryl methyl sites for hydroxylation is 2. The van der Waals surface area contributed by atoms with Crippen LogP contribution in [-0.4, -0.2) is 23.4 Å². The molecular formula is C18H25NO2. The first-order valence-corrected chi connectivity index (χ1v) is 7.67. The number of rotatable bonds is 6. The van der Waals surface area contributed by atoms with Gasteiger partial charge < -0.3 is 15.1 Å². The molecule has 2 N–H and O–H groups in total. The van der Waals surface area contributed by atoms with Crippen molar-refractivity contribution >= 4 is 5.69 Å². The Kier molecular flexibility index (Phi) is 5.45. The first-order chi connectivity index (χ1) is 10.1. The average molecular weight is 287 g/mol. The molecule has 1 aromatic carbocycles. The van der Waals surface area contributed by atoms with E-state index in [0.717, 1.165) is 37.9 Å². The number of aliphatic hydroxyl groups is 2. The van der Waals surface area contributed by atoms with Gasteiger partial charge in [0.2, 0.25) is 0 Å². The highest BCUT2D eigenvalue weighted by Gasteiger charge is 2.15. The van der Waals surface area contributed by atoms with Gasteiger partial charge in [-0.1, -0.05) is 23.8 Å². The minimum absolute atomic E-state index is 0.223. The van der Waals surface area contributed by atoms with Gasteiger partial charge in [-0.2, -0.15) is 0 Å². The molecule has 3 heteroatoms. The van der Waals surface area contributed by atoms with E-state index in [1.165, 1.54) is 16.8 Å². The summed E-state index contributed by atoms with van der Waals surface area (Å²) in [5, 5.41) is 18.8. The monoisotopic (exact) mass is 287 g/mol. The van der Waals surface area contributed by atoms with Gasteiger partial charge in [0.1, 0.15) is 0 Å². The molecule has 3 nitrogen and oxygen atoms in total. The summed E-state index contributed by atoms with van der Waals surface area (Å²) in [6.07, 6.45) is 7.36. The number of nitrogens with zero attached hydrogens (tertiary/aromatic N) is 1. The number of allylic oxidation sites excluding steroid dienone is 3. The fraction of sp³-hybridized carbons (Fsp3) is 0.444. The summed E-state index contributed by atoms with van der Waals surface area (Å²) in [6.45, 7) is 5.29. The Hall–Kier alpha value is -1.74. The Morgan fingerprint density at radius 3 is 2.67 bits per heavy atom. The van der Waals surface area contributed by atoms with Crippen molar-refractivity contribution in [2.45, 2.75) is 39.5 Å². The quantitative estimate of drug-likeness (QED) is 0.777. The van der Waals surface area contributed by atoms with Crippen LogP contribution in [0, 0.1) is 13.8 Å². The molecule has 2 rings (SSSR count). The second-order valence-corrected chi connectivity index (χ2v) is 5.68. The molecule has 0 heterocycles. The second kappa shape index (κ2) is 7.32. The van der Waals surface area contributed by atoms with Crippen molar-refractivity contribution in [3.8, 4) is 0 Å². The highest BCUT2D eigenvalue weighted by Crippen LogP contribution is 2.28. The lowest BCUT2D eigenvalue weighted by Crippen LogP contribution is -2.25. The number of aliphatic hydroxyl groups excluding tert-OH is 2. The molecule has 0 amide bonds. The maximum absolute atomic E-state index is 9.81. The van der Waals surface area contributed by atoms with Gasteiger partial charge in [-0.25, -0.2) is 0 Å². The number of hydrogen-bond donors (Lipinski definition) is 2. The Morgan fingerprint density at radius 2 is 2.00 bits per heavy atom. The van der Waals surface area contributed by atoms with E-state index in [0.29, 0.717) is 5.76 Å². The normalized spacial score (nSPS) is 14.6. The zero-order valence-corrected chi connectivity index (χ0v) is 13.0. The van der Waals surface area contributed by atoms with Gasteiger partial charge in [0, 0.05) is 31.0 Å². The predicted octanol–water partition coefficient (Wildman–Crippen LogP) is 4.00. The molecule has 0 atom stereocenters. The highest BCUT2D eigenvalue weighted by molar-refractivity contribution is 5.60. The van der Waals surface area contributed by atoms with Crippen molar-refractivity contribution in [3.63, 3.8) is 0 Å². The molecule has 1 aliphatic rings. The lowest BCUT2D eigenvalue weighted by molar-refractivity contribution is 0.285. The van der Waals surface area contributed by atoms with E-state index in [-0.39, 0.29) is 6.61 Å². The van der Waals surface area contributed by atoms with Crippen LogP contribution >= 0.6 is 0 Å². The van der Waals surface area contributed by atoms with Crippen LogP contribution < -0.4 is 4.90 Å². The van der Waals surface area contributed by atoms with Crippen molar-refractivity contribution in [3.05, 3.63) is 52.9 Å². The molecule has 114 valence electrons. The van der Waals surface area contributed by atoms with Gasteiger partial charge in [-0.3, -0.25) is 0 Å². The van der Waals surface area contributed by atoms with E-state index in [1.807, 2.05) is 6.08 Å². The third kappa shape index (κ3) is 4.11. The number of benzene rings is 1. The summed E-state index contributed by atoms with van der Waals surface area (Å²) in [6, 6.07) is 6.44. The van der Waals surface area contributed by atoms with E-state index >= 15 is 0 Å². The van der Waals surface area contributed by atoms with E-state index in [9.17, 15) is 5.11 Å². The van der Waals surface area contributed by atoms with Crippen LogP contribution in [0.25, 0.3) is 0 Å². The number of unbranched alkanes of at least 4 members (excludes halogenated alkanes) is 1. The molecular weight excluding hydrogens is 262 g/mol. The van der Waals surface area contributed by atoms with Crippen molar-refractivity contribution < 1.29 is 10.2 Å². The molecule has 21 heavy (non-hydrogen) atoms. The third-order valence-electron chi connectivity index (χ3n) is 3.81. The SMILES string of the molecule is Cc1ccc(N(CCCCO)C2=CCCC(O)=C2)c(C)c1. The van der Waals surface area contributed by atoms with Crippen LogP contribution in [0.2, 0.25) is 0 Å². The zero-order chi connectivity index (χ0) is 15.2. The molecule has 0 fully saturated rings. The predicted molar refractivity (Wildman–Crippen MR) is 87.6 cm³/mol. The summed E-state index contributed by atoms with van der Waals surface area (Å²) in [4.78, 5) is 2.25. The van der Waals surface area contributed by atoms with Gasteiger partial charge >= 0.3 is 0 Å². The maximum atomic E-state index is 9.81. The Labute approximate surface area is 127 Å². The van der Waals surface area contributed by atoms with Crippen molar-refractivity contribution in [1.29, 1.82) is 0 Å². The third-order valence-corrected chi connectivity index (χ3v) is 3.81. The summed E-state index contributed by atoms with van der Waals surface area (Å²) in [7, 11) is 0.